The van der Waals surface area contributed by atoms with Gasteiger partial charge in [-0.1, -0.05) is 0 Å². The molecule has 0 heterocycles. The Hall–Kier alpha value is -0.690. The van der Waals surface area contributed by atoms with E-state index in [4.69, 9.17) is 0 Å². The van der Waals surface area contributed by atoms with E-state index >= 15 is 0 Å². The highest BCUT2D eigenvalue weighted by Gasteiger charge is 2.11. The third-order valence-corrected chi connectivity index (χ3v) is 2.50. The van der Waals surface area contributed by atoms with E-state index in [1.54, 1.807) is 0 Å². The van der Waals surface area contributed by atoms with Gasteiger partial charge in [0.05, 0.1) is 16.4 Å². The van der Waals surface area contributed by atoms with Crippen molar-refractivity contribution in [1.82, 2.24) is 0 Å². The third kappa shape index (κ3) is 2.91. The molecule has 0 saturated heterocycles. The highest BCUT2D eigenvalue weighted by molar-refractivity contribution is 9.10. The standard InChI is InChI=1S/C7H6BrF2NO2S/c1-14(12,13)11-7-3-5(9)4(8)2-6(7)10/h2-3,11H,1H3. The number of nitrogens with one attached hydrogen (secondary N) is 1. The smallest absolute Gasteiger partial charge is 0.229 e. The number of hydrogen-bond donors (Lipinski definition) is 1. The highest BCUT2D eigenvalue weighted by atomic mass is 79.9. The van der Waals surface area contributed by atoms with Crippen LogP contribution in [0.5, 0.6) is 0 Å². The van der Waals surface area contributed by atoms with Crippen molar-refractivity contribution in [2.24, 2.45) is 0 Å². The fourth-order valence-corrected chi connectivity index (χ4v) is 1.67. The minimum absolute atomic E-state index is 0.0611. The maximum absolute atomic E-state index is 13.0. The zero-order chi connectivity index (χ0) is 10.9. The van der Waals surface area contributed by atoms with Crippen molar-refractivity contribution in [2.75, 3.05) is 11.0 Å². The van der Waals surface area contributed by atoms with E-state index in [0.29, 0.717) is 0 Å². The van der Waals surface area contributed by atoms with E-state index in [1.165, 1.54) is 0 Å². The average Bonchev–Trinajstić information content (AvgIpc) is 1.97. The molecule has 0 fully saturated rings. The van der Waals surface area contributed by atoms with Crippen LogP contribution in [0.15, 0.2) is 16.6 Å². The van der Waals surface area contributed by atoms with Gasteiger partial charge < -0.3 is 0 Å². The molecule has 0 bridgehead atoms. The minimum atomic E-state index is -3.60. The van der Waals surface area contributed by atoms with E-state index in [-0.39, 0.29) is 4.47 Å². The van der Waals surface area contributed by atoms with Crippen LogP contribution in [0.2, 0.25) is 0 Å². The highest BCUT2D eigenvalue weighted by Crippen LogP contribution is 2.23. The minimum Gasteiger partial charge on any atom is -0.281 e. The monoisotopic (exact) mass is 285 g/mol. The molecule has 78 valence electrons. The number of sulfonamides is 1. The third-order valence-electron chi connectivity index (χ3n) is 1.31. The topological polar surface area (TPSA) is 46.2 Å². The predicted octanol–water partition coefficient (Wildman–Crippen LogP) is 2.10. The van der Waals surface area contributed by atoms with Crippen molar-refractivity contribution in [3.05, 3.63) is 28.2 Å². The Morgan fingerprint density at radius 2 is 1.86 bits per heavy atom. The summed E-state index contributed by atoms with van der Waals surface area (Å²) in [6, 6.07) is 1.61. The molecule has 0 atom stereocenters. The molecule has 0 aromatic heterocycles. The molecule has 0 aliphatic heterocycles. The molecule has 3 nitrogen and oxygen atoms in total. The molecule has 1 aromatic rings. The molecule has 1 rings (SSSR count). The Labute approximate surface area is 88.3 Å². The van der Waals surface area contributed by atoms with Crippen LogP contribution in [-0.2, 0) is 10.0 Å². The molecule has 0 radical (unpaired) electrons. The van der Waals surface area contributed by atoms with Crippen molar-refractivity contribution in [2.45, 2.75) is 0 Å². The van der Waals surface area contributed by atoms with Crippen molar-refractivity contribution >= 4 is 31.6 Å². The van der Waals surface area contributed by atoms with E-state index in [2.05, 4.69) is 15.9 Å². The lowest BCUT2D eigenvalue weighted by atomic mass is 10.3. The molecular formula is C7H6BrF2NO2S. The Bertz CT molecular complexity index is 461. The molecule has 1 aromatic carbocycles. The van der Waals surface area contributed by atoms with Gasteiger partial charge in [0.1, 0.15) is 11.6 Å². The normalized spacial score (nSPS) is 11.4. The second-order valence-corrected chi connectivity index (χ2v) is 5.22. The number of hydrogen-bond acceptors (Lipinski definition) is 2. The van der Waals surface area contributed by atoms with Crippen LogP contribution in [0.3, 0.4) is 0 Å². The number of rotatable bonds is 2. The van der Waals surface area contributed by atoms with E-state index < -0.39 is 27.3 Å². The van der Waals surface area contributed by atoms with Crippen LogP contribution in [0.25, 0.3) is 0 Å². The van der Waals surface area contributed by atoms with Crippen molar-refractivity contribution in [3.63, 3.8) is 0 Å². The SMILES string of the molecule is CS(=O)(=O)Nc1cc(F)c(Br)cc1F. The summed E-state index contributed by atoms with van der Waals surface area (Å²) in [6.45, 7) is 0. The van der Waals surface area contributed by atoms with Crippen molar-refractivity contribution in [1.29, 1.82) is 0 Å². The quantitative estimate of drug-likeness (QED) is 0.846. The number of halogens is 3. The van der Waals surface area contributed by atoms with Gasteiger partial charge in [-0.2, -0.15) is 0 Å². The lowest BCUT2D eigenvalue weighted by Gasteiger charge is -2.05. The Balaban J connectivity index is 3.17. The summed E-state index contributed by atoms with van der Waals surface area (Å²) >= 11 is 2.77. The van der Waals surface area contributed by atoms with E-state index in [1.807, 2.05) is 4.72 Å². The molecule has 0 aliphatic rings. The zero-order valence-electron chi connectivity index (χ0n) is 7.01. The molecule has 0 saturated carbocycles. The molecule has 0 aliphatic carbocycles. The fourth-order valence-electron chi connectivity index (χ4n) is 0.801. The average molecular weight is 286 g/mol. The Morgan fingerprint density at radius 1 is 1.29 bits per heavy atom. The Morgan fingerprint density at radius 3 is 2.36 bits per heavy atom. The lowest BCUT2D eigenvalue weighted by Crippen LogP contribution is -2.11. The summed E-state index contributed by atoms with van der Waals surface area (Å²) in [6.07, 6.45) is 0.854. The van der Waals surface area contributed by atoms with Gasteiger partial charge in [0.15, 0.2) is 0 Å². The van der Waals surface area contributed by atoms with Gasteiger partial charge in [-0.15, -0.1) is 0 Å². The molecule has 0 unspecified atom stereocenters. The summed E-state index contributed by atoms with van der Waals surface area (Å²) in [5.74, 6) is -1.58. The zero-order valence-corrected chi connectivity index (χ0v) is 9.42. The first-order chi connectivity index (χ1) is 6.29. The first kappa shape index (κ1) is 11.4. The largest absolute Gasteiger partial charge is 0.281 e. The molecule has 1 N–H and O–H groups in total. The van der Waals surface area contributed by atoms with Crippen LogP contribution in [-0.4, -0.2) is 14.7 Å². The second-order valence-electron chi connectivity index (χ2n) is 2.62. The Kier molecular flexibility index (Phi) is 3.10. The predicted molar refractivity (Wildman–Crippen MR) is 52.5 cm³/mol. The van der Waals surface area contributed by atoms with Crippen molar-refractivity contribution < 1.29 is 17.2 Å². The second kappa shape index (κ2) is 3.82. The van der Waals surface area contributed by atoms with Gasteiger partial charge in [-0.3, -0.25) is 4.72 Å². The van der Waals surface area contributed by atoms with E-state index in [9.17, 15) is 17.2 Å². The first-order valence-corrected chi connectivity index (χ1v) is 6.10. The van der Waals surface area contributed by atoms with Crippen LogP contribution < -0.4 is 4.72 Å². The summed E-state index contributed by atoms with van der Waals surface area (Å²) in [4.78, 5) is 0. The maximum Gasteiger partial charge on any atom is 0.229 e. The summed E-state index contributed by atoms with van der Waals surface area (Å²) in [5.41, 5.74) is -0.409. The lowest BCUT2D eigenvalue weighted by molar-refractivity contribution is 0.594. The number of benzene rings is 1. The first-order valence-electron chi connectivity index (χ1n) is 3.42. The molecule has 0 amide bonds. The van der Waals surface area contributed by atoms with Gasteiger partial charge in [0.2, 0.25) is 10.0 Å². The molecule has 0 spiro atoms. The van der Waals surface area contributed by atoms with Gasteiger partial charge in [0, 0.05) is 6.07 Å². The van der Waals surface area contributed by atoms with Crippen LogP contribution >= 0.6 is 15.9 Å². The molecular weight excluding hydrogens is 280 g/mol. The van der Waals surface area contributed by atoms with Gasteiger partial charge in [-0.25, -0.2) is 17.2 Å². The molecule has 14 heavy (non-hydrogen) atoms. The van der Waals surface area contributed by atoms with Crippen LogP contribution in [0.1, 0.15) is 0 Å². The molecule has 7 heteroatoms. The van der Waals surface area contributed by atoms with Crippen LogP contribution in [0, 0.1) is 11.6 Å². The van der Waals surface area contributed by atoms with Gasteiger partial charge in [-0.05, 0) is 22.0 Å². The van der Waals surface area contributed by atoms with Crippen molar-refractivity contribution in [3.8, 4) is 0 Å². The van der Waals surface area contributed by atoms with E-state index in [0.717, 1.165) is 18.4 Å². The van der Waals surface area contributed by atoms with Gasteiger partial charge >= 0.3 is 0 Å². The van der Waals surface area contributed by atoms with Gasteiger partial charge in [0.25, 0.3) is 0 Å². The number of anilines is 1. The fraction of sp³-hybridized carbons (Fsp3) is 0.143. The summed E-state index contributed by atoms with van der Waals surface area (Å²) < 4.78 is 49.2. The van der Waals surface area contributed by atoms with Crippen LogP contribution in [0.4, 0.5) is 14.5 Å². The summed E-state index contributed by atoms with van der Waals surface area (Å²) in [7, 11) is -3.60. The maximum atomic E-state index is 13.0. The summed E-state index contributed by atoms with van der Waals surface area (Å²) in [5, 5.41) is 0.